The number of rotatable bonds is 5. The minimum Gasteiger partial charge on any atom is -0.320 e. The van der Waals surface area contributed by atoms with Crippen molar-refractivity contribution in [3.8, 4) is 11.8 Å². The minimum absolute atomic E-state index is 0.0960. The summed E-state index contributed by atoms with van der Waals surface area (Å²) < 4.78 is 27.3. The highest BCUT2D eigenvalue weighted by Crippen LogP contribution is 2.35. The first-order valence-electron chi connectivity index (χ1n) is 6.88. The molecular formula is C15H20N2O2S. The molecule has 0 bridgehead atoms. The maximum absolute atomic E-state index is 12.3. The van der Waals surface area contributed by atoms with Crippen LogP contribution in [0, 0.1) is 17.8 Å². The number of benzene rings is 1. The third kappa shape index (κ3) is 3.83. The summed E-state index contributed by atoms with van der Waals surface area (Å²) in [6.45, 7) is 2.37. The smallest absolute Gasteiger partial charge is 0.240 e. The van der Waals surface area contributed by atoms with Gasteiger partial charge in [0.1, 0.15) is 0 Å². The fourth-order valence-corrected chi connectivity index (χ4v) is 3.61. The first-order valence-corrected chi connectivity index (χ1v) is 8.36. The Bertz CT molecular complexity index is 629. The van der Waals surface area contributed by atoms with Gasteiger partial charge in [-0.05, 0) is 37.0 Å². The molecule has 2 rings (SSSR count). The van der Waals surface area contributed by atoms with Crippen molar-refractivity contribution >= 4 is 10.0 Å². The highest BCUT2D eigenvalue weighted by atomic mass is 32.2. The van der Waals surface area contributed by atoms with Gasteiger partial charge in [-0.3, -0.25) is 0 Å². The zero-order valence-electron chi connectivity index (χ0n) is 11.6. The molecule has 0 heterocycles. The van der Waals surface area contributed by atoms with Crippen LogP contribution in [-0.2, 0) is 10.0 Å². The van der Waals surface area contributed by atoms with Gasteiger partial charge >= 0.3 is 0 Å². The summed E-state index contributed by atoms with van der Waals surface area (Å²) in [6, 6.07) is 6.75. The van der Waals surface area contributed by atoms with Crippen LogP contribution in [-0.4, -0.2) is 21.0 Å². The van der Waals surface area contributed by atoms with E-state index in [2.05, 4.69) is 23.5 Å². The zero-order valence-corrected chi connectivity index (χ0v) is 12.4. The van der Waals surface area contributed by atoms with Gasteiger partial charge in [-0.15, -0.1) is 0 Å². The quantitative estimate of drug-likeness (QED) is 0.807. The van der Waals surface area contributed by atoms with Crippen LogP contribution >= 0.6 is 0 Å². The van der Waals surface area contributed by atoms with Gasteiger partial charge in [0, 0.05) is 11.6 Å². The Labute approximate surface area is 120 Å². The molecule has 1 fully saturated rings. The normalized spacial score (nSPS) is 21.1. The largest absolute Gasteiger partial charge is 0.320 e. The summed E-state index contributed by atoms with van der Waals surface area (Å²) in [5.41, 5.74) is 5.98. The molecule has 5 heteroatoms. The topological polar surface area (TPSA) is 72.2 Å². The second-order valence-electron chi connectivity index (χ2n) is 5.05. The lowest BCUT2D eigenvalue weighted by atomic mass is 10.2. The van der Waals surface area contributed by atoms with Gasteiger partial charge in [0.2, 0.25) is 10.0 Å². The lowest BCUT2D eigenvalue weighted by molar-refractivity contribution is 0.573. The van der Waals surface area contributed by atoms with Crippen molar-refractivity contribution in [3.05, 3.63) is 29.8 Å². The number of sulfonamides is 1. The lowest BCUT2D eigenvalue weighted by Gasteiger charge is -2.06. The molecule has 3 N–H and O–H groups in total. The Hall–Kier alpha value is -1.35. The van der Waals surface area contributed by atoms with Crippen LogP contribution in [0.2, 0.25) is 0 Å². The van der Waals surface area contributed by atoms with E-state index in [9.17, 15) is 8.42 Å². The van der Waals surface area contributed by atoms with Crippen molar-refractivity contribution < 1.29 is 8.42 Å². The van der Waals surface area contributed by atoms with E-state index in [1.54, 1.807) is 24.3 Å². The number of hydrogen-bond acceptors (Lipinski definition) is 3. The van der Waals surface area contributed by atoms with Crippen molar-refractivity contribution in [2.45, 2.75) is 37.1 Å². The van der Waals surface area contributed by atoms with Crippen LogP contribution in [0.3, 0.4) is 0 Å². The third-order valence-corrected chi connectivity index (χ3v) is 4.86. The lowest BCUT2D eigenvalue weighted by Crippen LogP contribution is -2.27. The molecule has 1 saturated carbocycles. The molecule has 0 saturated heterocycles. The van der Waals surface area contributed by atoms with E-state index in [1.807, 2.05) is 0 Å². The van der Waals surface area contributed by atoms with Gasteiger partial charge in [-0.25, -0.2) is 13.1 Å². The average molecular weight is 292 g/mol. The Morgan fingerprint density at radius 1 is 1.45 bits per heavy atom. The molecule has 1 aromatic rings. The molecule has 2 atom stereocenters. The van der Waals surface area contributed by atoms with Crippen molar-refractivity contribution in [2.24, 2.45) is 11.7 Å². The molecule has 0 aromatic heterocycles. The third-order valence-electron chi connectivity index (χ3n) is 3.37. The minimum atomic E-state index is -3.44. The van der Waals surface area contributed by atoms with Crippen molar-refractivity contribution in [2.75, 3.05) is 6.54 Å². The van der Waals surface area contributed by atoms with E-state index in [0.717, 1.165) is 19.3 Å². The van der Waals surface area contributed by atoms with E-state index in [0.29, 0.717) is 11.5 Å². The number of nitrogens with two attached hydrogens (primary N) is 1. The summed E-state index contributed by atoms with van der Waals surface area (Å²) in [4.78, 5) is 0.267. The van der Waals surface area contributed by atoms with Crippen LogP contribution in [0.1, 0.15) is 31.7 Å². The first-order chi connectivity index (χ1) is 9.56. The molecule has 1 aliphatic carbocycles. The van der Waals surface area contributed by atoms with Crippen LogP contribution in [0.25, 0.3) is 0 Å². The summed E-state index contributed by atoms with van der Waals surface area (Å²) in [6.07, 6.45) is 3.11. The molecule has 4 nitrogen and oxygen atoms in total. The second-order valence-corrected chi connectivity index (χ2v) is 6.76. The molecule has 0 aliphatic heterocycles. The summed E-state index contributed by atoms with van der Waals surface area (Å²) in [5.74, 6) is 6.07. The predicted octanol–water partition coefficient (Wildman–Crippen LogP) is 1.46. The molecule has 108 valence electrons. The van der Waals surface area contributed by atoms with E-state index in [1.165, 1.54) is 0 Å². The van der Waals surface area contributed by atoms with E-state index < -0.39 is 10.0 Å². The van der Waals surface area contributed by atoms with Gasteiger partial charge in [0.15, 0.2) is 0 Å². The standard InChI is InChI=1S/C15H20N2O2S/c1-2-5-13-11-15(13)17-20(18,19)14-8-3-6-12(10-14)7-4-9-16/h3,6,8,10,13,15,17H,2,5,9,11,16H2,1H3. The summed E-state index contributed by atoms with van der Waals surface area (Å²) >= 11 is 0. The molecule has 20 heavy (non-hydrogen) atoms. The van der Waals surface area contributed by atoms with Crippen LogP contribution < -0.4 is 10.5 Å². The predicted molar refractivity (Wildman–Crippen MR) is 79.5 cm³/mol. The SMILES string of the molecule is CCCC1CC1NS(=O)(=O)c1cccc(C#CCN)c1. The molecule has 1 aliphatic rings. The number of hydrogen-bond donors (Lipinski definition) is 2. The van der Waals surface area contributed by atoms with Crippen molar-refractivity contribution in [3.63, 3.8) is 0 Å². The first kappa shape index (κ1) is 15.0. The van der Waals surface area contributed by atoms with Gasteiger partial charge < -0.3 is 5.73 Å². The van der Waals surface area contributed by atoms with Gasteiger partial charge in [-0.2, -0.15) is 0 Å². The molecule has 0 spiro atoms. The van der Waals surface area contributed by atoms with Crippen LogP contribution in [0.15, 0.2) is 29.2 Å². The Balaban J connectivity index is 2.10. The second kappa shape index (κ2) is 6.40. The monoisotopic (exact) mass is 292 g/mol. The van der Waals surface area contributed by atoms with Crippen LogP contribution in [0.5, 0.6) is 0 Å². The van der Waals surface area contributed by atoms with E-state index in [-0.39, 0.29) is 17.5 Å². The molecule has 0 radical (unpaired) electrons. The van der Waals surface area contributed by atoms with Gasteiger partial charge in [-0.1, -0.05) is 31.3 Å². The molecular weight excluding hydrogens is 272 g/mol. The summed E-state index contributed by atoms with van der Waals surface area (Å²) in [5, 5.41) is 0. The van der Waals surface area contributed by atoms with E-state index >= 15 is 0 Å². The van der Waals surface area contributed by atoms with Crippen LogP contribution in [0.4, 0.5) is 0 Å². The van der Waals surface area contributed by atoms with E-state index in [4.69, 9.17) is 5.73 Å². The van der Waals surface area contributed by atoms with Crippen molar-refractivity contribution in [1.82, 2.24) is 4.72 Å². The average Bonchev–Trinajstić information content (AvgIpc) is 3.14. The number of nitrogens with one attached hydrogen (secondary N) is 1. The Morgan fingerprint density at radius 2 is 2.25 bits per heavy atom. The Morgan fingerprint density at radius 3 is 2.95 bits per heavy atom. The molecule has 2 unspecified atom stereocenters. The highest BCUT2D eigenvalue weighted by Gasteiger charge is 2.39. The summed E-state index contributed by atoms with van der Waals surface area (Å²) in [7, 11) is -3.44. The van der Waals surface area contributed by atoms with Gasteiger partial charge in [0.05, 0.1) is 11.4 Å². The molecule has 1 aromatic carbocycles. The van der Waals surface area contributed by atoms with Crippen molar-refractivity contribution in [1.29, 1.82) is 0 Å². The maximum atomic E-state index is 12.3. The Kier molecular flexibility index (Phi) is 4.81. The maximum Gasteiger partial charge on any atom is 0.240 e. The highest BCUT2D eigenvalue weighted by molar-refractivity contribution is 7.89. The fraction of sp³-hybridized carbons (Fsp3) is 0.467. The fourth-order valence-electron chi connectivity index (χ4n) is 2.24. The zero-order chi connectivity index (χ0) is 14.6. The molecule has 0 amide bonds. The van der Waals surface area contributed by atoms with Gasteiger partial charge in [0.25, 0.3) is 0 Å².